The lowest BCUT2D eigenvalue weighted by Gasteiger charge is -2.20. The molecule has 1 aliphatic rings. The highest BCUT2D eigenvalue weighted by atomic mass is 32.2. The van der Waals surface area contributed by atoms with Crippen LogP contribution in [0.5, 0.6) is 0 Å². The van der Waals surface area contributed by atoms with Gasteiger partial charge in [-0.15, -0.1) is 0 Å². The van der Waals surface area contributed by atoms with Crippen LogP contribution in [0.2, 0.25) is 0 Å². The predicted octanol–water partition coefficient (Wildman–Crippen LogP) is 2.57. The Kier molecular flexibility index (Phi) is 4.76. The minimum absolute atomic E-state index is 0.0773. The third-order valence-corrected chi connectivity index (χ3v) is 5.18. The predicted molar refractivity (Wildman–Crippen MR) is 85.7 cm³/mol. The molecule has 1 fully saturated rings. The van der Waals surface area contributed by atoms with Crippen molar-refractivity contribution in [3.63, 3.8) is 0 Å². The topological polar surface area (TPSA) is 58.2 Å². The Hall–Kier alpha value is -0.910. The molecule has 0 aromatic heterocycles. The van der Waals surface area contributed by atoms with Crippen molar-refractivity contribution in [2.75, 3.05) is 6.54 Å². The van der Waals surface area contributed by atoms with Gasteiger partial charge in [0.25, 0.3) is 0 Å². The first-order valence-electron chi connectivity index (χ1n) is 7.50. The second kappa shape index (κ2) is 6.07. The third kappa shape index (κ3) is 4.80. The molecule has 0 radical (unpaired) electrons. The summed E-state index contributed by atoms with van der Waals surface area (Å²) in [5, 5.41) is 3.43. The Bertz CT molecular complexity index is 599. The maximum absolute atomic E-state index is 12.5. The molecule has 0 unspecified atom stereocenters. The van der Waals surface area contributed by atoms with Crippen molar-refractivity contribution in [2.45, 2.75) is 58.0 Å². The molecule has 4 nitrogen and oxygen atoms in total. The van der Waals surface area contributed by atoms with E-state index in [4.69, 9.17) is 0 Å². The van der Waals surface area contributed by atoms with Crippen molar-refractivity contribution in [2.24, 2.45) is 5.41 Å². The van der Waals surface area contributed by atoms with Gasteiger partial charge in [-0.1, -0.05) is 32.9 Å². The SMILES string of the molecule is Cc1c(CNC2CC2)cccc1S(=O)(=O)NCC(C)(C)C. The first-order valence-corrected chi connectivity index (χ1v) is 8.99. The Morgan fingerprint density at radius 1 is 1.24 bits per heavy atom. The molecule has 0 aliphatic heterocycles. The van der Waals surface area contributed by atoms with Gasteiger partial charge >= 0.3 is 0 Å². The van der Waals surface area contributed by atoms with Crippen LogP contribution in [-0.2, 0) is 16.6 Å². The van der Waals surface area contributed by atoms with Gasteiger partial charge < -0.3 is 5.32 Å². The van der Waals surface area contributed by atoms with Crippen LogP contribution in [0.1, 0.15) is 44.7 Å². The largest absolute Gasteiger partial charge is 0.310 e. The van der Waals surface area contributed by atoms with Crippen LogP contribution in [0.25, 0.3) is 0 Å². The zero-order chi connectivity index (χ0) is 15.7. The fourth-order valence-corrected chi connectivity index (χ4v) is 3.64. The van der Waals surface area contributed by atoms with E-state index in [9.17, 15) is 8.42 Å². The van der Waals surface area contributed by atoms with Crippen LogP contribution in [0, 0.1) is 12.3 Å². The molecule has 21 heavy (non-hydrogen) atoms. The van der Waals surface area contributed by atoms with Crippen molar-refractivity contribution in [3.05, 3.63) is 29.3 Å². The minimum atomic E-state index is -3.45. The molecular formula is C16H26N2O2S. The summed E-state index contributed by atoms with van der Waals surface area (Å²) in [6, 6.07) is 6.11. The maximum atomic E-state index is 12.5. The Morgan fingerprint density at radius 2 is 1.90 bits per heavy atom. The van der Waals surface area contributed by atoms with E-state index in [1.54, 1.807) is 6.07 Å². The summed E-state index contributed by atoms with van der Waals surface area (Å²) in [7, 11) is -3.45. The summed E-state index contributed by atoms with van der Waals surface area (Å²) in [5.41, 5.74) is 1.82. The van der Waals surface area contributed by atoms with Crippen LogP contribution < -0.4 is 10.0 Å². The molecule has 2 N–H and O–H groups in total. The van der Waals surface area contributed by atoms with E-state index in [2.05, 4.69) is 10.0 Å². The van der Waals surface area contributed by atoms with Crippen LogP contribution in [0.3, 0.4) is 0 Å². The van der Waals surface area contributed by atoms with Gasteiger partial charge in [0.15, 0.2) is 0 Å². The zero-order valence-electron chi connectivity index (χ0n) is 13.4. The third-order valence-electron chi connectivity index (χ3n) is 3.64. The van der Waals surface area contributed by atoms with E-state index in [1.807, 2.05) is 39.8 Å². The molecule has 0 bridgehead atoms. The van der Waals surface area contributed by atoms with Gasteiger partial charge in [-0.05, 0) is 42.4 Å². The van der Waals surface area contributed by atoms with Crippen molar-refractivity contribution in [1.29, 1.82) is 0 Å². The van der Waals surface area contributed by atoms with Crippen LogP contribution in [0.4, 0.5) is 0 Å². The van der Waals surface area contributed by atoms with E-state index in [1.165, 1.54) is 12.8 Å². The Morgan fingerprint density at radius 3 is 2.48 bits per heavy atom. The summed E-state index contributed by atoms with van der Waals surface area (Å²) in [6.45, 7) is 9.09. The maximum Gasteiger partial charge on any atom is 0.240 e. The summed E-state index contributed by atoms with van der Waals surface area (Å²) < 4.78 is 27.7. The standard InChI is InChI=1S/C16H26N2O2S/c1-12-13(10-17-14-8-9-14)6-5-7-15(12)21(19,20)18-11-16(2,3)4/h5-7,14,17-18H,8-11H2,1-4H3. The molecule has 0 spiro atoms. The smallest absolute Gasteiger partial charge is 0.240 e. The average molecular weight is 310 g/mol. The first-order chi connectivity index (χ1) is 9.69. The van der Waals surface area contributed by atoms with Gasteiger partial charge in [0.05, 0.1) is 4.90 Å². The van der Waals surface area contributed by atoms with Gasteiger partial charge in [0.1, 0.15) is 0 Å². The lowest BCUT2D eigenvalue weighted by atomic mass is 9.98. The lowest BCUT2D eigenvalue weighted by molar-refractivity contribution is 0.407. The van der Waals surface area contributed by atoms with Gasteiger partial charge in [-0.2, -0.15) is 0 Å². The fraction of sp³-hybridized carbons (Fsp3) is 0.625. The summed E-state index contributed by atoms with van der Waals surface area (Å²) in [5.74, 6) is 0. The molecule has 0 saturated heterocycles. The van der Waals surface area contributed by atoms with E-state index < -0.39 is 10.0 Å². The molecule has 0 amide bonds. The van der Waals surface area contributed by atoms with E-state index >= 15 is 0 Å². The van der Waals surface area contributed by atoms with Crippen LogP contribution in [0.15, 0.2) is 23.1 Å². The lowest BCUT2D eigenvalue weighted by Crippen LogP contribution is -2.32. The first kappa shape index (κ1) is 16.5. The normalized spacial score (nSPS) is 16.2. The second-order valence-electron chi connectivity index (χ2n) is 7.08. The monoisotopic (exact) mass is 310 g/mol. The van der Waals surface area contributed by atoms with Crippen molar-refractivity contribution >= 4 is 10.0 Å². The summed E-state index contributed by atoms with van der Waals surface area (Å²) in [4.78, 5) is 0.391. The average Bonchev–Trinajstić information content (AvgIpc) is 3.18. The number of sulfonamides is 1. The molecule has 118 valence electrons. The quantitative estimate of drug-likeness (QED) is 0.849. The number of nitrogens with one attached hydrogen (secondary N) is 2. The molecule has 1 saturated carbocycles. The molecule has 2 rings (SSSR count). The van der Waals surface area contributed by atoms with Crippen molar-refractivity contribution in [3.8, 4) is 0 Å². The van der Waals surface area contributed by atoms with E-state index in [0.717, 1.165) is 17.7 Å². The number of benzene rings is 1. The van der Waals surface area contributed by atoms with E-state index in [-0.39, 0.29) is 5.41 Å². The summed E-state index contributed by atoms with van der Waals surface area (Å²) >= 11 is 0. The summed E-state index contributed by atoms with van der Waals surface area (Å²) in [6.07, 6.45) is 2.45. The minimum Gasteiger partial charge on any atom is -0.310 e. The fourth-order valence-electron chi connectivity index (χ4n) is 2.07. The molecule has 1 aromatic carbocycles. The molecule has 5 heteroatoms. The van der Waals surface area contributed by atoms with Gasteiger partial charge in [-0.25, -0.2) is 13.1 Å². The molecule has 0 atom stereocenters. The number of hydrogen-bond acceptors (Lipinski definition) is 3. The Labute approximate surface area is 128 Å². The number of hydrogen-bond donors (Lipinski definition) is 2. The van der Waals surface area contributed by atoms with Gasteiger partial charge in [0.2, 0.25) is 10.0 Å². The molecule has 1 aliphatic carbocycles. The highest BCUT2D eigenvalue weighted by Gasteiger charge is 2.23. The van der Waals surface area contributed by atoms with Crippen LogP contribution in [-0.4, -0.2) is 21.0 Å². The van der Waals surface area contributed by atoms with Gasteiger partial charge in [-0.3, -0.25) is 0 Å². The van der Waals surface area contributed by atoms with Crippen LogP contribution >= 0.6 is 0 Å². The van der Waals surface area contributed by atoms with E-state index in [0.29, 0.717) is 17.5 Å². The molecule has 1 aromatic rings. The highest BCUT2D eigenvalue weighted by Crippen LogP contribution is 2.23. The zero-order valence-corrected chi connectivity index (χ0v) is 14.2. The van der Waals surface area contributed by atoms with Gasteiger partial charge in [0, 0.05) is 19.1 Å². The van der Waals surface area contributed by atoms with Crippen molar-refractivity contribution < 1.29 is 8.42 Å². The second-order valence-corrected chi connectivity index (χ2v) is 8.82. The molecule has 0 heterocycles. The highest BCUT2D eigenvalue weighted by molar-refractivity contribution is 7.89. The molecular weight excluding hydrogens is 284 g/mol. The Balaban J connectivity index is 2.15. The number of rotatable bonds is 6. The van der Waals surface area contributed by atoms with Crippen molar-refractivity contribution in [1.82, 2.24) is 10.0 Å².